The minimum absolute atomic E-state index is 0.733. The number of nitrogens with one attached hydrogen (secondary N) is 1. The third kappa shape index (κ3) is 24.7. The molecule has 0 amide bonds. The summed E-state index contributed by atoms with van der Waals surface area (Å²) in [6.45, 7) is 6.66. The summed E-state index contributed by atoms with van der Waals surface area (Å²) in [5.41, 5.74) is 2.52. The summed E-state index contributed by atoms with van der Waals surface area (Å²) in [7, 11) is 1.74. The van der Waals surface area contributed by atoms with Crippen LogP contribution < -0.4 is 5.48 Å². The molecule has 0 saturated carbocycles. The molecule has 0 heterocycles. The van der Waals surface area contributed by atoms with Crippen molar-refractivity contribution in [3.63, 3.8) is 0 Å². The molecule has 2 nitrogen and oxygen atoms in total. The van der Waals surface area contributed by atoms with Crippen LogP contribution in [0, 0.1) is 0 Å². The van der Waals surface area contributed by atoms with Gasteiger partial charge in [0.05, 0.1) is 6.61 Å². The quantitative estimate of drug-likeness (QED) is 0.532. The first-order valence-electron chi connectivity index (χ1n) is 2.70. The highest BCUT2D eigenvalue weighted by molar-refractivity contribution is 3.97. The molecule has 0 spiro atoms. The Hall–Kier alpha value is -0.0800. The van der Waals surface area contributed by atoms with Crippen LogP contribution in [0.3, 0.4) is 0 Å². The van der Waals surface area contributed by atoms with Crippen molar-refractivity contribution in [2.75, 3.05) is 13.7 Å². The lowest BCUT2D eigenvalue weighted by atomic mass is 10.9. The summed E-state index contributed by atoms with van der Waals surface area (Å²) in [5.74, 6) is 0. The van der Waals surface area contributed by atoms with Crippen molar-refractivity contribution in [1.29, 1.82) is 0 Å². The molecule has 0 radical (unpaired) electrons. The predicted octanol–water partition coefficient (Wildman–Crippen LogP) is 1.18. The maximum atomic E-state index is 4.58. The van der Waals surface area contributed by atoms with Crippen LogP contribution in [0.5, 0.6) is 0 Å². The maximum absolute atomic E-state index is 4.58. The van der Waals surface area contributed by atoms with Gasteiger partial charge < -0.3 is 4.84 Å². The van der Waals surface area contributed by atoms with Crippen LogP contribution in [-0.4, -0.2) is 13.7 Å². The van der Waals surface area contributed by atoms with E-state index in [1.54, 1.807) is 7.05 Å². The van der Waals surface area contributed by atoms with Gasteiger partial charge >= 0.3 is 0 Å². The molecule has 0 atom stereocenters. The Kier molecular flexibility index (Phi) is 24.1. The van der Waals surface area contributed by atoms with Crippen molar-refractivity contribution in [3.05, 3.63) is 0 Å². The van der Waals surface area contributed by atoms with Crippen molar-refractivity contribution >= 4 is 0 Å². The molecule has 0 aliphatic carbocycles. The molecule has 0 rings (SSSR count). The van der Waals surface area contributed by atoms with Crippen LogP contribution in [0.25, 0.3) is 0 Å². The lowest BCUT2D eigenvalue weighted by Crippen LogP contribution is -2.05. The molecule has 1 N–H and O–H groups in total. The Bertz CT molecular complexity index is 15.6. The topological polar surface area (TPSA) is 21.3 Å². The summed E-state index contributed by atoms with van der Waals surface area (Å²) < 4.78 is 0. The third-order valence-electron chi connectivity index (χ3n) is 0.289. The van der Waals surface area contributed by atoms with Crippen molar-refractivity contribution in [1.82, 2.24) is 5.48 Å². The molecule has 0 aromatic heterocycles. The van der Waals surface area contributed by atoms with Gasteiger partial charge in [0.15, 0.2) is 0 Å². The van der Waals surface area contributed by atoms with Crippen molar-refractivity contribution in [2.24, 2.45) is 0 Å². The number of rotatable bonds is 2. The number of hydrogen-bond donors (Lipinski definition) is 1. The molecule has 0 aliphatic rings. The number of hydrogen-bond acceptors (Lipinski definition) is 2. The average Bonchev–Trinajstić information content (AvgIpc) is 1.75. The standard InChI is InChI=1S/C3H9NO.C2H6/c1-3-5-4-2;1-2/h4H,3H2,1-2H3;1-2H3. The lowest BCUT2D eigenvalue weighted by molar-refractivity contribution is 0.0687. The first-order valence-corrected chi connectivity index (χ1v) is 2.70. The van der Waals surface area contributed by atoms with Gasteiger partial charge in [-0.3, -0.25) is 0 Å². The first kappa shape index (κ1) is 10.0. The van der Waals surface area contributed by atoms with E-state index < -0.39 is 0 Å². The minimum Gasteiger partial charge on any atom is -0.302 e. The smallest absolute Gasteiger partial charge is 0.0653 e. The summed E-state index contributed by atoms with van der Waals surface area (Å²) in [6, 6.07) is 0. The summed E-state index contributed by atoms with van der Waals surface area (Å²) in [5, 5.41) is 0. The Morgan fingerprint density at radius 3 is 1.86 bits per heavy atom. The Labute approximate surface area is 45.8 Å². The summed E-state index contributed by atoms with van der Waals surface area (Å²) in [6.07, 6.45) is 0. The molecule has 46 valence electrons. The van der Waals surface area contributed by atoms with Gasteiger partial charge in [-0.15, -0.1) is 0 Å². The molecular weight excluding hydrogens is 90.1 g/mol. The average molecular weight is 105 g/mol. The second-order valence-corrected chi connectivity index (χ2v) is 0.637. The highest BCUT2D eigenvalue weighted by Crippen LogP contribution is 1.53. The van der Waals surface area contributed by atoms with Gasteiger partial charge in [0, 0.05) is 7.05 Å². The minimum atomic E-state index is 0.733. The molecular formula is C5H15NO. The van der Waals surface area contributed by atoms with E-state index in [2.05, 4.69) is 10.3 Å². The molecule has 7 heavy (non-hydrogen) atoms. The fourth-order valence-corrected chi connectivity index (χ4v) is 0.144. The van der Waals surface area contributed by atoms with Gasteiger partial charge in [-0.25, -0.2) is 5.48 Å². The van der Waals surface area contributed by atoms with Crippen LogP contribution in [0.2, 0.25) is 0 Å². The fraction of sp³-hybridized carbons (Fsp3) is 1.00. The Morgan fingerprint density at radius 2 is 1.86 bits per heavy atom. The van der Waals surface area contributed by atoms with Crippen molar-refractivity contribution < 1.29 is 4.84 Å². The zero-order valence-corrected chi connectivity index (χ0v) is 5.62. The molecule has 2 heteroatoms. The first-order chi connectivity index (χ1) is 3.41. The van der Waals surface area contributed by atoms with E-state index in [1.807, 2.05) is 20.8 Å². The van der Waals surface area contributed by atoms with Gasteiger partial charge in [-0.05, 0) is 6.92 Å². The van der Waals surface area contributed by atoms with E-state index in [0.717, 1.165) is 6.61 Å². The van der Waals surface area contributed by atoms with E-state index in [-0.39, 0.29) is 0 Å². The third-order valence-corrected chi connectivity index (χ3v) is 0.289. The zero-order valence-electron chi connectivity index (χ0n) is 5.62. The van der Waals surface area contributed by atoms with E-state index in [9.17, 15) is 0 Å². The number of hydroxylamine groups is 1. The lowest BCUT2D eigenvalue weighted by Gasteiger charge is -1.88. The van der Waals surface area contributed by atoms with Gasteiger partial charge in [-0.1, -0.05) is 13.8 Å². The largest absolute Gasteiger partial charge is 0.302 e. The van der Waals surface area contributed by atoms with Crippen LogP contribution >= 0.6 is 0 Å². The predicted molar refractivity (Wildman–Crippen MR) is 32.0 cm³/mol. The Morgan fingerprint density at radius 1 is 1.43 bits per heavy atom. The molecule has 0 aromatic rings. The molecule has 0 aliphatic heterocycles. The highest BCUT2D eigenvalue weighted by Gasteiger charge is 1.61. The summed E-state index contributed by atoms with van der Waals surface area (Å²) in [4.78, 5) is 4.58. The molecule has 0 unspecified atom stereocenters. The monoisotopic (exact) mass is 105 g/mol. The molecule has 0 fully saturated rings. The zero-order chi connectivity index (χ0) is 6.12. The molecule has 0 aromatic carbocycles. The second-order valence-electron chi connectivity index (χ2n) is 0.637. The SMILES string of the molecule is CC.CCONC. The van der Waals surface area contributed by atoms with Crippen molar-refractivity contribution in [2.45, 2.75) is 20.8 Å². The molecule has 0 saturated heterocycles. The highest BCUT2D eigenvalue weighted by atomic mass is 16.6. The van der Waals surface area contributed by atoms with E-state index in [0.29, 0.717) is 0 Å². The second kappa shape index (κ2) is 16.8. The Balaban J connectivity index is 0. The maximum Gasteiger partial charge on any atom is 0.0653 e. The van der Waals surface area contributed by atoms with E-state index in [1.165, 1.54) is 0 Å². The van der Waals surface area contributed by atoms with Gasteiger partial charge in [0.1, 0.15) is 0 Å². The molecule has 0 bridgehead atoms. The van der Waals surface area contributed by atoms with Crippen LogP contribution in [0.15, 0.2) is 0 Å². The fourth-order valence-electron chi connectivity index (χ4n) is 0.144. The van der Waals surface area contributed by atoms with E-state index >= 15 is 0 Å². The normalized spacial score (nSPS) is 6.86. The van der Waals surface area contributed by atoms with E-state index in [4.69, 9.17) is 0 Å². The summed E-state index contributed by atoms with van der Waals surface area (Å²) >= 11 is 0. The van der Waals surface area contributed by atoms with Crippen LogP contribution in [-0.2, 0) is 4.84 Å². The van der Waals surface area contributed by atoms with Crippen LogP contribution in [0.1, 0.15) is 20.8 Å². The van der Waals surface area contributed by atoms with Crippen LogP contribution in [0.4, 0.5) is 0 Å². The van der Waals surface area contributed by atoms with Crippen molar-refractivity contribution in [3.8, 4) is 0 Å². The van der Waals surface area contributed by atoms with Gasteiger partial charge in [-0.2, -0.15) is 0 Å². The van der Waals surface area contributed by atoms with Gasteiger partial charge in [0.2, 0.25) is 0 Å². The van der Waals surface area contributed by atoms with Gasteiger partial charge in [0.25, 0.3) is 0 Å².